The molecule has 0 radical (unpaired) electrons. The summed E-state index contributed by atoms with van der Waals surface area (Å²) >= 11 is 0. The van der Waals surface area contributed by atoms with E-state index in [-0.39, 0.29) is 23.3 Å². The molecule has 0 aromatic heterocycles. The van der Waals surface area contributed by atoms with Crippen molar-refractivity contribution in [2.75, 3.05) is 46.9 Å². The monoisotopic (exact) mass is 369 g/mol. The third-order valence-corrected chi connectivity index (χ3v) is 5.11. The third kappa shape index (κ3) is 8.36. The average Bonchev–Trinajstić information content (AvgIpc) is 2.59. The molecular weight excluding hydrogens is 330 g/mol. The molecule has 1 rings (SSSR count). The van der Waals surface area contributed by atoms with Crippen molar-refractivity contribution < 1.29 is 9.53 Å². The number of ether oxygens (including phenoxy) is 1. The van der Waals surface area contributed by atoms with Crippen LogP contribution < -0.4 is 16.4 Å². The smallest absolute Gasteiger partial charge is 0.220 e. The lowest BCUT2D eigenvalue weighted by Gasteiger charge is -2.30. The minimum absolute atomic E-state index is 0.0753. The van der Waals surface area contributed by atoms with Crippen molar-refractivity contribution in [3.63, 3.8) is 0 Å². The van der Waals surface area contributed by atoms with E-state index in [0.29, 0.717) is 0 Å². The van der Waals surface area contributed by atoms with Crippen LogP contribution >= 0.6 is 0 Å². The lowest BCUT2D eigenvalue weighted by Crippen LogP contribution is -2.45. The van der Waals surface area contributed by atoms with Gasteiger partial charge in [-0.25, -0.2) is 0 Å². The molecule has 0 bridgehead atoms. The molecule has 1 unspecified atom stereocenters. The van der Waals surface area contributed by atoms with Gasteiger partial charge in [-0.1, -0.05) is 20.8 Å². The van der Waals surface area contributed by atoms with Crippen LogP contribution in [0, 0.1) is 11.3 Å². The van der Waals surface area contributed by atoms with E-state index < -0.39 is 0 Å². The standard InChI is InChI=1S/C19H39N5O2/c1-19(2,3)16(26-5)14-23-18(21-4)22-10-6-7-11-24-12-8-15(9-13-24)17(20)25/h15-16H,6-14H2,1-5H3,(H2,20,25)(H2,21,22,23). The maximum atomic E-state index is 11.2. The number of methoxy groups -OCH3 is 1. The maximum absolute atomic E-state index is 11.2. The van der Waals surface area contributed by atoms with Crippen LogP contribution in [0.4, 0.5) is 0 Å². The molecule has 1 heterocycles. The number of hydrogen-bond acceptors (Lipinski definition) is 4. The molecule has 1 atom stereocenters. The van der Waals surface area contributed by atoms with E-state index in [9.17, 15) is 4.79 Å². The Morgan fingerprint density at radius 2 is 1.92 bits per heavy atom. The topological polar surface area (TPSA) is 92.0 Å². The number of likely N-dealkylation sites (tertiary alicyclic amines) is 1. The highest BCUT2D eigenvalue weighted by Gasteiger charge is 2.24. The van der Waals surface area contributed by atoms with E-state index in [1.165, 1.54) is 0 Å². The van der Waals surface area contributed by atoms with Gasteiger partial charge in [-0.2, -0.15) is 0 Å². The molecular formula is C19H39N5O2. The van der Waals surface area contributed by atoms with E-state index in [4.69, 9.17) is 10.5 Å². The van der Waals surface area contributed by atoms with Gasteiger partial charge >= 0.3 is 0 Å². The highest BCUT2D eigenvalue weighted by Crippen LogP contribution is 2.21. The maximum Gasteiger partial charge on any atom is 0.220 e. The fourth-order valence-electron chi connectivity index (χ4n) is 3.26. The molecule has 0 aliphatic carbocycles. The predicted molar refractivity (Wildman–Crippen MR) is 107 cm³/mol. The summed E-state index contributed by atoms with van der Waals surface area (Å²) in [5.74, 6) is 0.750. The molecule has 1 aliphatic rings. The molecule has 1 aliphatic heterocycles. The first-order valence-electron chi connectivity index (χ1n) is 9.77. The van der Waals surface area contributed by atoms with E-state index in [0.717, 1.165) is 64.4 Å². The zero-order valence-electron chi connectivity index (χ0n) is 17.3. The van der Waals surface area contributed by atoms with E-state index in [1.54, 1.807) is 14.2 Å². The Bertz CT molecular complexity index is 440. The Morgan fingerprint density at radius 1 is 1.27 bits per heavy atom. The molecule has 152 valence electrons. The van der Waals surface area contributed by atoms with Gasteiger partial charge in [0.2, 0.25) is 5.91 Å². The zero-order valence-corrected chi connectivity index (χ0v) is 17.3. The first-order valence-corrected chi connectivity index (χ1v) is 9.77. The minimum Gasteiger partial charge on any atom is -0.379 e. The van der Waals surface area contributed by atoms with Crippen LogP contribution in [-0.2, 0) is 9.53 Å². The second-order valence-corrected chi connectivity index (χ2v) is 8.20. The number of nitrogens with two attached hydrogens (primary N) is 1. The number of carbonyl (C=O) groups is 1. The second-order valence-electron chi connectivity index (χ2n) is 8.20. The van der Waals surface area contributed by atoms with Crippen molar-refractivity contribution >= 4 is 11.9 Å². The molecule has 0 spiro atoms. The Balaban J connectivity index is 2.15. The highest BCUT2D eigenvalue weighted by molar-refractivity contribution is 5.79. The molecule has 1 amide bonds. The van der Waals surface area contributed by atoms with Crippen LogP contribution in [0.15, 0.2) is 4.99 Å². The predicted octanol–water partition coefficient (Wildman–Crippen LogP) is 1.19. The number of aliphatic imine (C=N–C) groups is 1. The quantitative estimate of drug-likeness (QED) is 0.323. The van der Waals surface area contributed by atoms with Gasteiger partial charge in [-0.05, 0) is 50.7 Å². The lowest BCUT2D eigenvalue weighted by molar-refractivity contribution is -0.123. The van der Waals surface area contributed by atoms with Gasteiger partial charge in [0.05, 0.1) is 6.10 Å². The summed E-state index contributed by atoms with van der Waals surface area (Å²) in [6, 6.07) is 0. The summed E-state index contributed by atoms with van der Waals surface area (Å²) in [7, 11) is 3.54. The molecule has 0 aromatic rings. The lowest BCUT2D eigenvalue weighted by atomic mass is 9.89. The van der Waals surface area contributed by atoms with Crippen LogP contribution in [0.2, 0.25) is 0 Å². The number of unbranched alkanes of at least 4 members (excludes halogenated alkanes) is 1. The average molecular weight is 370 g/mol. The Morgan fingerprint density at radius 3 is 2.42 bits per heavy atom. The fourth-order valence-corrected chi connectivity index (χ4v) is 3.26. The first-order chi connectivity index (χ1) is 12.3. The fraction of sp³-hybridized carbons (Fsp3) is 0.895. The number of piperidine rings is 1. The van der Waals surface area contributed by atoms with Crippen molar-refractivity contribution in [2.24, 2.45) is 22.1 Å². The third-order valence-electron chi connectivity index (χ3n) is 5.11. The van der Waals surface area contributed by atoms with Crippen molar-refractivity contribution in [1.29, 1.82) is 0 Å². The number of amides is 1. The first kappa shape index (κ1) is 22.7. The van der Waals surface area contributed by atoms with Crippen LogP contribution in [0.5, 0.6) is 0 Å². The molecule has 4 N–H and O–H groups in total. The van der Waals surface area contributed by atoms with Gasteiger partial charge in [0.1, 0.15) is 0 Å². The number of nitrogens with zero attached hydrogens (tertiary/aromatic N) is 2. The normalized spacial score (nSPS) is 18.6. The number of primary amides is 1. The summed E-state index contributed by atoms with van der Waals surface area (Å²) in [4.78, 5) is 17.9. The van der Waals surface area contributed by atoms with Gasteiger partial charge in [0, 0.05) is 33.2 Å². The van der Waals surface area contributed by atoms with E-state index in [2.05, 4.69) is 41.3 Å². The molecule has 1 fully saturated rings. The summed E-state index contributed by atoms with van der Waals surface area (Å²) < 4.78 is 5.56. The number of carbonyl (C=O) groups excluding carboxylic acids is 1. The largest absolute Gasteiger partial charge is 0.379 e. The Labute approximate surface area is 159 Å². The zero-order chi connectivity index (χ0) is 19.6. The van der Waals surface area contributed by atoms with E-state index in [1.807, 2.05) is 0 Å². The summed E-state index contributed by atoms with van der Waals surface area (Å²) in [6.07, 6.45) is 4.15. The van der Waals surface area contributed by atoms with Crippen LogP contribution in [0.25, 0.3) is 0 Å². The molecule has 1 saturated heterocycles. The van der Waals surface area contributed by atoms with Crippen LogP contribution in [-0.4, -0.2) is 69.8 Å². The van der Waals surface area contributed by atoms with Crippen molar-refractivity contribution in [3.05, 3.63) is 0 Å². The molecule has 26 heavy (non-hydrogen) atoms. The van der Waals surface area contributed by atoms with Gasteiger partial charge in [-0.15, -0.1) is 0 Å². The number of nitrogens with one attached hydrogen (secondary N) is 2. The summed E-state index contributed by atoms with van der Waals surface area (Å²) in [5.41, 5.74) is 5.46. The van der Waals surface area contributed by atoms with Gasteiger partial charge in [0.25, 0.3) is 0 Å². The van der Waals surface area contributed by atoms with Crippen molar-refractivity contribution in [2.45, 2.75) is 52.6 Å². The second kappa shape index (κ2) is 11.4. The van der Waals surface area contributed by atoms with Crippen LogP contribution in [0.1, 0.15) is 46.5 Å². The van der Waals surface area contributed by atoms with Gasteiger partial charge < -0.3 is 26.0 Å². The molecule has 0 saturated carbocycles. The minimum atomic E-state index is -0.144. The highest BCUT2D eigenvalue weighted by atomic mass is 16.5. The summed E-state index contributed by atoms with van der Waals surface area (Å²) in [6.45, 7) is 11.2. The number of rotatable bonds is 9. The number of hydrogen-bond donors (Lipinski definition) is 3. The molecule has 0 aromatic carbocycles. The van der Waals surface area contributed by atoms with Crippen molar-refractivity contribution in [3.8, 4) is 0 Å². The van der Waals surface area contributed by atoms with Crippen LogP contribution in [0.3, 0.4) is 0 Å². The van der Waals surface area contributed by atoms with E-state index >= 15 is 0 Å². The number of guanidine groups is 1. The molecule has 7 nitrogen and oxygen atoms in total. The van der Waals surface area contributed by atoms with Crippen molar-refractivity contribution in [1.82, 2.24) is 15.5 Å². The summed E-state index contributed by atoms with van der Waals surface area (Å²) in [5, 5.41) is 6.71. The SMILES string of the molecule is CN=C(NCCCCN1CCC(C(N)=O)CC1)NCC(OC)C(C)(C)C. The Kier molecular flexibility index (Phi) is 9.94. The van der Waals surface area contributed by atoms with Gasteiger partial charge in [0.15, 0.2) is 5.96 Å². The van der Waals surface area contributed by atoms with Gasteiger partial charge in [-0.3, -0.25) is 9.79 Å². The molecule has 7 heteroatoms. The Hall–Kier alpha value is -1.34.